The summed E-state index contributed by atoms with van der Waals surface area (Å²) in [5.41, 5.74) is 1.19. The molecule has 1 amide bonds. The first kappa shape index (κ1) is 21.8. The molecular weight excluding hydrogens is 354 g/mol. The van der Waals surface area contributed by atoms with Gasteiger partial charge in [-0.05, 0) is 57.9 Å². The summed E-state index contributed by atoms with van der Waals surface area (Å²) in [6.07, 6.45) is -0.391. The minimum Gasteiger partial charge on any atom is -0.491 e. The summed E-state index contributed by atoms with van der Waals surface area (Å²) in [5.74, 6) is 0.602. The van der Waals surface area contributed by atoms with Gasteiger partial charge in [-0.1, -0.05) is 36.4 Å². The van der Waals surface area contributed by atoms with Gasteiger partial charge in [-0.3, -0.25) is 0 Å². The van der Waals surface area contributed by atoms with Gasteiger partial charge >= 0.3 is 6.09 Å². The second kappa shape index (κ2) is 8.65. The number of carbonyl (C=O) groups is 1. The van der Waals surface area contributed by atoms with Crippen molar-refractivity contribution in [2.75, 3.05) is 20.2 Å². The molecule has 0 aliphatic carbocycles. The fourth-order valence-electron chi connectivity index (χ4n) is 2.67. The van der Waals surface area contributed by atoms with Crippen molar-refractivity contribution in [3.63, 3.8) is 0 Å². The molecule has 0 heterocycles. The van der Waals surface area contributed by atoms with Crippen LogP contribution in [0.3, 0.4) is 0 Å². The van der Waals surface area contributed by atoms with Crippen LogP contribution >= 0.6 is 0 Å². The average Bonchev–Trinajstić information content (AvgIpc) is 2.60. The molecule has 5 heteroatoms. The highest BCUT2D eigenvalue weighted by Crippen LogP contribution is 2.33. The normalized spacial score (nSPS) is 11.8. The van der Waals surface area contributed by atoms with Gasteiger partial charge in [0, 0.05) is 12.6 Å². The molecular formula is C23H31NO4. The van der Waals surface area contributed by atoms with Crippen LogP contribution in [0.15, 0.2) is 48.5 Å². The van der Waals surface area contributed by atoms with Gasteiger partial charge in [0.15, 0.2) is 0 Å². The first-order chi connectivity index (χ1) is 13.0. The lowest BCUT2D eigenvalue weighted by molar-refractivity contribution is 0.0274. The topological polar surface area (TPSA) is 59.0 Å². The maximum Gasteiger partial charge on any atom is 0.410 e. The van der Waals surface area contributed by atoms with E-state index < -0.39 is 17.3 Å². The number of rotatable bonds is 6. The van der Waals surface area contributed by atoms with Crippen LogP contribution in [0.1, 0.15) is 40.2 Å². The molecule has 28 heavy (non-hydrogen) atoms. The number of carbonyl (C=O) groups excluding carboxylic acids is 1. The second-order valence-electron chi connectivity index (χ2n) is 8.39. The second-order valence-corrected chi connectivity index (χ2v) is 8.39. The Morgan fingerprint density at radius 2 is 1.64 bits per heavy atom. The van der Waals surface area contributed by atoms with Gasteiger partial charge in [-0.25, -0.2) is 4.79 Å². The maximum atomic E-state index is 12.0. The van der Waals surface area contributed by atoms with Gasteiger partial charge in [0.05, 0.1) is 12.1 Å². The van der Waals surface area contributed by atoms with E-state index in [1.54, 1.807) is 20.9 Å². The molecule has 0 atom stereocenters. The van der Waals surface area contributed by atoms with Crippen molar-refractivity contribution in [2.45, 2.75) is 45.8 Å². The number of hydrogen-bond acceptors (Lipinski definition) is 4. The van der Waals surface area contributed by atoms with E-state index in [2.05, 4.69) is 0 Å². The molecule has 2 rings (SSSR count). The van der Waals surface area contributed by atoms with Gasteiger partial charge in [-0.2, -0.15) is 0 Å². The number of nitrogens with zero attached hydrogens (tertiary/aromatic N) is 1. The van der Waals surface area contributed by atoms with Crippen molar-refractivity contribution in [3.8, 4) is 16.9 Å². The minimum absolute atomic E-state index is 0.295. The van der Waals surface area contributed by atoms with Crippen molar-refractivity contribution >= 4 is 6.09 Å². The predicted octanol–water partition coefficient (Wildman–Crippen LogP) is 4.83. The molecule has 5 nitrogen and oxygen atoms in total. The molecule has 0 fully saturated rings. The standard InChI is InChI=1S/C23H31NO4/c1-22(2,3)28-21(25)24(6)14-15-27-20-13-12-18(16-19(20)23(4,5)26)17-10-8-7-9-11-17/h7-13,16,26H,14-15H2,1-6H3. The summed E-state index contributed by atoms with van der Waals surface area (Å²) in [7, 11) is 1.67. The lowest BCUT2D eigenvalue weighted by Crippen LogP contribution is -2.36. The molecule has 0 saturated carbocycles. The molecule has 0 aliphatic rings. The number of ether oxygens (including phenoxy) is 2. The number of hydrogen-bond donors (Lipinski definition) is 1. The van der Waals surface area contributed by atoms with Crippen molar-refractivity contribution < 1.29 is 19.4 Å². The smallest absolute Gasteiger partial charge is 0.410 e. The van der Waals surface area contributed by atoms with Crippen molar-refractivity contribution in [1.82, 2.24) is 4.90 Å². The van der Waals surface area contributed by atoms with E-state index in [0.29, 0.717) is 24.5 Å². The Kier molecular flexibility index (Phi) is 6.73. The number of amides is 1. The monoisotopic (exact) mass is 385 g/mol. The molecule has 0 bridgehead atoms. The van der Waals surface area contributed by atoms with Gasteiger partial charge < -0.3 is 19.5 Å². The van der Waals surface area contributed by atoms with Crippen LogP contribution in [0, 0.1) is 0 Å². The molecule has 2 aromatic rings. The highest BCUT2D eigenvalue weighted by Gasteiger charge is 2.23. The van der Waals surface area contributed by atoms with Gasteiger partial charge in [0.25, 0.3) is 0 Å². The van der Waals surface area contributed by atoms with Crippen molar-refractivity contribution in [3.05, 3.63) is 54.1 Å². The van der Waals surface area contributed by atoms with Crippen molar-refractivity contribution in [2.24, 2.45) is 0 Å². The summed E-state index contributed by atoms with van der Waals surface area (Å²) >= 11 is 0. The Morgan fingerprint density at radius 1 is 1.00 bits per heavy atom. The molecule has 0 aromatic heterocycles. The molecule has 0 spiro atoms. The van der Waals surface area contributed by atoms with E-state index in [4.69, 9.17) is 9.47 Å². The summed E-state index contributed by atoms with van der Waals surface area (Å²) in [4.78, 5) is 13.5. The lowest BCUT2D eigenvalue weighted by Gasteiger charge is -2.26. The quantitative estimate of drug-likeness (QED) is 0.774. The molecule has 152 valence electrons. The number of likely N-dealkylation sites (N-methyl/N-ethyl adjacent to an activating group) is 1. The largest absolute Gasteiger partial charge is 0.491 e. The molecule has 0 unspecified atom stereocenters. The fourth-order valence-corrected chi connectivity index (χ4v) is 2.67. The number of aliphatic hydroxyl groups is 1. The van der Waals surface area contributed by atoms with Crippen LogP contribution in [0.25, 0.3) is 11.1 Å². The molecule has 0 radical (unpaired) electrons. The Labute approximate surface area is 167 Å². The minimum atomic E-state index is -1.06. The summed E-state index contributed by atoms with van der Waals surface area (Å²) in [5, 5.41) is 10.6. The fraction of sp³-hybridized carbons (Fsp3) is 0.435. The van der Waals surface area contributed by atoms with E-state index in [9.17, 15) is 9.90 Å². The molecule has 0 saturated heterocycles. The molecule has 2 aromatic carbocycles. The SMILES string of the molecule is CN(CCOc1ccc(-c2ccccc2)cc1C(C)(C)O)C(=O)OC(C)(C)C. The van der Waals surface area contributed by atoms with Gasteiger partial charge in [0.2, 0.25) is 0 Å². The number of benzene rings is 2. The van der Waals surface area contributed by atoms with Gasteiger partial charge in [-0.15, -0.1) is 0 Å². The average molecular weight is 386 g/mol. The lowest BCUT2D eigenvalue weighted by atomic mass is 9.93. The summed E-state index contributed by atoms with van der Waals surface area (Å²) < 4.78 is 11.2. The maximum absolute atomic E-state index is 12.0. The van der Waals surface area contributed by atoms with Crippen LogP contribution in [0.2, 0.25) is 0 Å². The zero-order valence-corrected chi connectivity index (χ0v) is 17.7. The van der Waals surface area contributed by atoms with E-state index in [1.165, 1.54) is 4.90 Å². The zero-order valence-electron chi connectivity index (χ0n) is 17.7. The summed E-state index contributed by atoms with van der Waals surface area (Å²) in [6, 6.07) is 15.8. The Balaban J connectivity index is 2.10. The van der Waals surface area contributed by atoms with E-state index >= 15 is 0 Å². The predicted molar refractivity (Wildman–Crippen MR) is 111 cm³/mol. The Morgan fingerprint density at radius 3 is 2.21 bits per heavy atom. The van der Waals surface area contributed by atoms with E-state index in [0.717, 1.165) is 11.1 Å². The highest BCUT2D eigenvalue weighted by molar-refractivity contribution is 5.68. The van der Waals surface area contributed by atoms with Crippen LogP contribution in [0.4, 0.5) is 4.79 Å². The Bertz CT molecular complexity index is 788. The third-order valence-corrected chi connectivity index (χ3v) is 4.14. The van der Waals surface area contributed by atoms with Crippen LogP contribution in [-0.4, -0.2) is 41.9 Å². The van der Waals surface area contributed by atoms with E-state index in [-0.39, 0.29) is 0 Å². The third kappa shape index (κ3) is 6.27. The summed E-state index contributed by atoms with van der Waals surface area (Å²) in [6.45, 7) is 9.63. The van der Waals surface area contributed by atoms with Crippen LogP contribution in [-0.2, 0) is 10.3 Å². The van der Waals surface area contributed by atoms with Crippen molar-refractivity contribution in [1.29, 1.82) is 0 Å². The molecule has 0 aliphatic heterocycles. The first-order valence-corrected chi connectivity index (χ1v) is 9.46. The molecule has 1 N–H and O–H groups in total. The van der Waals surface area contributed by atoms with Crippen LogP contribution in [0.5, 0.6) is 5.75 Å². The zero-order chi connectivity index (χ0) is 20.9. The highest BCUT2D eigenvalue weighted by atomic mass is 16.6. The van der Waals surface area contributed by atoms with E-state index in [1.807, 2.05) is 69.3 Å². The Hall–Kier alpha value is -2.53. The van der Waals surface area contributed by atoms with Gasteiger partial charge in [0.1, 0.15) is 18.0 Å². The third-order valence-electron chi connectivity index (χ3n) is 4.14. The van der Waals surface area contributed by atoms with Crippen LogP contribution < -0.4 is 4.74 Å². The first-order valence-electron chi connectivity index (χ1n) is 9.46.